The fraction of sp³-hybridized carbons (Fsp3) is 0.222. The van der Waals surface area contributed by atoms with Crippen LogP contribution in [0.5, 0.6) is 17.2 Å². The van der Waals surface area contributed by atoms with Crippen LogP contribution in [0.15, 0.2) is 47.6 Å². The van der Waals surface area contributed by atoms with Gasteiger partial charge in [0.25, 0.3) is 0 Å². The lowest BCUT2D eigenvalue weighted by Crippen LogP contribution is -2.24. The molecule has 2 aromatic rings. The van der Waals surface area contributed by atoms with E-state index < -0.39 is 0 Å². The van der Waals surface area contributed by atoms with Gasteiger partial charge in [0.2, 0.25) is 5.75 Å². The lowest BCUT2D eigenvalue weighted by Gasteiger charge is -2.14. The SMILES string of the molecule is COc1cc(C(C)=NNC(=S)Nc2ccccc2)cc(OC)c1OC. The smallest absolute Gasteiger partial charge is 0.203 e. The maximum absolute atomic E-state index is 5.36. The monoisotopic (exact) mass is 359 g/mol. The van der Waals surface area contributed by atoms with E-state index in [4.69, 9.17) is 26.4 Å². The van der Waals surface area contributed by atoms with E-state index in [9.17, 15) is 0 Å². The molecule has 0 aliphatic carbocycles. The molecule has 0 fully saturated rings. The molecule has 0 amide bonds. The third-order valence-corrected chi connectivity index (χ3v) is 3.63. The standard InChI is InChI=1S/C18H21N3O3S/c1-12(20-21-18(25)19-14-8-6-5-7-9-14)13-10-15(22-2)17(24-4)16(11-13)23-3/h5-11H,1-4H3,(H2,19,21,25). The number of hydrogen-bond acceptors (Lipinski definition) is 5. The van der Waals surface area contributed by atoms with Crippen LogP contribution < -0.4 is 25.0 Å². The highest BCUT2D eigenvalue weighted by Gasteiger charge is 2.14. The van der Waals surface area contributed by atoms with Crippen molar-refractivity contribution < 1.29 is 14.2 Å². The second-order valence-electron chi connectivity index (χ2n) is 5.04. The minimum absolute atomic E-state index is 0.401. The first-order valence-corrected chi connectivity index (χ1v) is 7.96. The predicted octanol–water partition coefficient (Wildman–Crippen LogP) is 3.42. The minimum atomic E-state index is 0.401. The Morgan fingerprint density at radius 1 is 0.960 bits per heavy atom. The van der Waals surface area contributed by atoms with Crippen LogP contribution in [0.2, 0.25) is 0 Å². The molecular formula is C18H21N3O3S. The normalized spacial score (nSPS) is 10.8. The first kappa shape index (κ1) is 18.5. The molecule has 2 aromatic carbocycles. The van der Waals surface area contributed by atoms with Crippen LogP contribution in [0, 0.1) is 0 Å². The van der Waals surface area contributed by atoms with E-state index in [-0.39, 0.29) is 0 Å². The Bertz CT molecular complexity index is 738. The average molecular weight is 359 g/mol. The van der Waals surface area contributed by atoms with E-state index in [1.807, 2.05) is 49.4 Å². The van der Waals surface area contributed by atoms with Gasteiger partial charge in [-0.05, 0) is 43.4 Å². The number of nitrogens with one attached hydrogen (secondary N) is 2. The zero-order chi connectivity index (χ0) is 18.2. The lowest BCUT2D eigenvalue weighted by atomic mass is 10.1. The number of ether oxygens (including phenoxy) is 3. The van der Waals surface area contributed by atoms with Gasteiger partial charge in [0, 0.05) is 11.3 Å². The van der Waals surface area contributed by atoms with Gasteiger partial charge >= 0.3 is 0 Å². The Morgan fingerprint density at radius 3 is 2.08 bits per heavy atom. The summed E-state index contributed by atoms with van der Waals surface area (Å²) in [5.74, 6) is 1.67. The summed E-state index contributed by atoms with van der Waals surface area (Å²) in [7, 11) is 4.71. The molecule has 6 nitrogen and oxygen atoms in total. The highest BCUT2D eigenvalue weighted by atomic mass is 32.1. The van der Waals surface area contributed by atoms with Crippen LogP contribution in [0.4, 0.5) is 5.69 Å². The fourth-order valence-corrected chi connectivity index (χ4v) is 2.33. The average Bonchev–Trinajstić information content (AvgIpc) is 2.65. The summed E-state index contributed by atoms with van der Waals surface area (Å²) in [6.45, 7) is 1.86. The second-order valence-corrected chi connectivity index (χ2v) is 5.45. The van der Waals surface area contributed by atoms with Crippen LogP contribution >= 0.6 is 12.2 Å². The van der Waals surface area contributed by atoms with E-state index in [1.54, 1.807) is 21.3 Å². The van der Waals surface area contributed by atoms with Gasteiger partial charge < -0.3 is 19.5 Å². The van der Waals surface area contributed by atoms with E-state index in [1.165, 1.54) is 0 Å². The van der Waals surface area contributed by atoms with Crippen LogP contribution in [0.3, 0.4) is 0 Å². The van der Waals surface area contributed by atoms with Gasteiger partial charge in [-0.3, -0.25) is 5.43 Å². The first-order chi connectivity index (χ1) is 12.1. The van der Waals surface area contributed by atoms with Gasteiger partial charge in [-0.2, -0.15) is 5.10 Å². The van der Waals surface area contributed by atoms with Gasteiger partial charge in [0.1, 0.15) is 0 Å². The highest BCUT2D eigenvalue weighted by molar-refractivity contribution is 7.80. The van der Waals surface area contributed by atoms with Gasteiger partial charge in [0.15, 0.2) is 16.6 Å². The number of thiocarbonyl (C=S) groups is 1. The number of rotatable bonds is 6. The van der Waals surface area contributed by atoms with Crippen molar-refractivity contribution in [1.29, 1.82) is 0 Å². The van der Waals surface area contributed by atoms with Crippen molar-refractivity contribution >= 4 is 28.7 Å². The number of para-hydroxylation sites is 1. The zero-order valence-corrected chi connectivity index (χ0v) is 15.4. The van der Waals surface area contributed by atoms with Gasteiger partial charge in [-0.25, -0.2) is 0 Å². The van der Waals surface area contributed by atoms with E-state index in [0.29, 0.717) is 22.4 Å². The molecule has 0 saturated heterocycles. The summed E-state index contributed by atoms with van der Waals surface area (Å²) in [6, 6.07) is 13.3. The Hall–Kier alpha value is -2.80. The number of hydrazone groups is 1. The van der Waals surface area contributed by atoms with Crippen molar-refractivity contribution in [3.05, 3.63) is 48.0 Å². The molecule has 0 heterocycles. The molecule has 25 heavy (non-hydrogen) atoms. The quantitative estimate of drug-likeness (QED) is 0.468. The molecule has 0 aliphatic rings. The minimum Gasteiger partial charge on any atom is -0.493 e. The summed E-state index contributed by atoms with van der Waals surface area (Å²) in [6.07, 6.45) is 0. The maximum Gasteiger partial charge on any atom is 0.203 e. The fourth-order valence-electron chi connectivity index (χ4n) is 2.17. The van der Waals surface area contributed by atoms with Gasteiger partial charge in [0.05, 0.1) is 27.0 Å². The van der Waals surface area contributed by atoms with Crippen LogP contribution in [-0.2, 0) is 0 Å². The number of benzene rings is 2. The second kappa shape index (κ2) is 8.89. The molecule has 2 N–H and O–H groups in total. The molecule has 0 unspecified atom stereocenters. The molecule has 2 rings (SSSR count). The maximum atomic E-state index is 5.36. The molecule has 0 saturated carbocycles. The lowest BCUT2D eigenvalue weighted by molar-refractivity contribution is 0.324. The molecule has 0 bridgehead atoms. The van der Waals surface area contributed by atoms with E-state index >= 15 is 0 Å². The Balaban J connectivity index is 2.15. The van der Waals surface area contributed by atoms with Crippen molar-refractivity contribution in [2.75, 3.05) is 26.6 Å². The number of anilines is 1. The van der Waals surface area contributed by atoms with E-state index in [2.05, 4.69) is 15.8 Å². The van der Waals surface area contributed by atoms with Crippen LogP contribution in [0.1, 0.15) is 12.5 Å². The van der Waals surface area contributed by atoms with Crippen molar-refractivity contribution in [2.45, 2.75) is 6.92 Å². The summed E-state index contributed by atoms with van der Waals surface area (Å²) >= 11 is 5.24. The number of hydrogen-bond donors (Lipinski definition) is 2. The Kier molecular flexibility index (Phi) is 6.59. The summed E-state index contributed by atoms with van der Waals surface area (Å²) in [4.78, 5) is 0. The van der Waals surface area contributed by atoms with Gasteiger partial charge in [-0.1, -0.05) is 18.2 Å². The molecule has 0 atom stereocenters. The third kappa shape index (κ3) is 4.84. The topological polar surface area (TPSA) is 64.1 Å². The largest absolute Gasteiger partial charge is 0.493 e. The molecule has 7 heteroatoms. The van der Waals surface area contributed by atoms with Crippen LogP contribution in [-0.4, -0.2) is 32.2 Å². The summed E-state index contributed by atoms with van der Waals surface area (Å²) in [5.41, 5.74) is 5.26. The van der Waals surface area contributed by atoms with Crippen molar-refractivity contribution in [3.8, 4) is 17.2 Å². The summed E-state index contributed by atoms with van der Waals surface area (Å²) < 4.78 is 16.0. The predicted molar refractivity (Wildman–Crippen MR) is 104 cm³/mol. The third-order valence-electron chi connectivity index (χ3n) is 3.44. The Morgan fingerprint density at radius 2 is 1.56 bits per heavy atom. The van der Waals surface area contributed by atoms with Crippen molar-refractivity contribution in [3.63, 3.8) is 0 Å². The zero-order valence-electron chi connectivity index (χ0n) is 14.6. The molecule has 132 valence electrons. The molecule has 0 aromatic heterocycles. The first-order valence-electron chi connectivity index (χ1n) is 7.55. The molecule has 0 radical (unpaired) electrons. The molecular weight excluding hydrogens is 338 g/mol. The molecule has 0 spiro atoms. The summed E-state index contributed by atoms with van der Waals surface area (Å²) in [5, 5.41) is 7.76. The van der Waals surface area contributed by atoms with E-state index in [0.717, 1.165) is 17.0 Å². The van der Waals surface area contributed by atoms with Crippen molar-refractivity contribution in [1.82, 2.24) is 5.43 Å². The van der Waals surface area contributed by atoms with Crippen LogP contribution in [0.25, 0.3) is 0 Å². The van der Waals surface area contributed by atoms with Gasteiger partial charge in [-0.15, -0.1) is 0 Å². The Labute approximate surface area is 152 Å². The van der Waals surface area contributed by atoms with Crippen molar-refractivity contribution in [2.24, 2.45) is 5.10 Å². The highest BCUT2D eigenvalue weighted by Crippen LogP contribution is 2.38. The number of nitrogens with zero attached hydrogens (tertiary/aromatic N) is 1. The molecule has 0 aliphatic heterocycles. The number of methoxy groups -OCH3 is 3.